The van der Waals surface area contributed by atoms with Crippen LogP contribution >= 0.6 is 0 Å². The average Bonchev–Trinajstić information content (AvgIpc) is 3.15. The number of hydrogen-bond acceptors (Lipinski definition) is 5. The van der Waals surface area contributed by atoms with Gasteiger partial charge in [0, 0.05) is 31.7 Å². The predicted octanol–water partition coefficient (Wildman–Crippen LogP) is 1.96. The maximum Gasteiger partial charge on any atom is 0.330 e. The van der Waals surface area contributed by atoms with Gasteiger partial charge < -0.3 is 15.5 Å². The van der Waals surface area contributed by atoms with E-state index in [1.165, 1.54) is 9.47 Å². The van der Waals surface area contributed by atoms with Gasteiger partial charge >= 0.3 is 5.69 Å². The number of amides is 2. The molecule has 2 heterocycles. The summed E-state index contributed by atoms with van der Waals surface area (Å²) in [4.78, 5) is 56.5. The highest BCUT2D eigenvalue weighted by molar-refractivity contribution is 6.05. The van der Waals surface area contributed by atoms with Gasteiger partial charge in [-0.1, -0.05) is 45.4 Å². The number of benzene rings is 1. The fraction of sp³-hybridized carbons (Fsp3) is 0.478. The highest BCUT2D eigenvalue weighted by Crippen LogP contribution is 2.28. The Kier molecular flexibility index (Phi) is 7.17. The van der Waals surface area contributed by atoms with E-state index in [4.69, 9.17) is 5.73 Å². The van der Waals surface area contributed by atoms with Crippen molar-refractivity contribution < 1.29 is 9.59 Å². The van der Waals surface area contributed by atoms with E-state index in [-0.39, 0.29) is 48.7 Å². The molecule has 1 aliphatic rings. The van der Waals surface area contributed by atoms with Crippen LogP contribution in [0.2, 0.25) is 0 Å². The van der Waals surface area contributed by atoms with Crippen LogP contribution in [0.4, 0.5) is 17.2 Å². The van der Waals surface area contributed by atoms with Crippen molar-refractivity contribution in [1.29, 1.82) is 0 Å². The average molecular weight is 442 g/mol. The molecule has 2 amide bonds. The maximum atomic E-state index is 13.5. The first-order chi connectivity index (χ1) is 15.2. The van der Waals surface area contributed by atoms with Crippen molar-refractivity contribution in [2.75, 3.05) is 28.6 Å². The van der Waals surface area contributed by atoms with Crippen molar-refractivity contribution in [1.82, 2.24) is 9.55 Å². The molecule has 3 N–H and O–H groups in total. The summed E-state index contributed by atoms with van der Waals surface area (Å²) in [7, 11) is 0. The Morgan fingerprint density at radius 2 is 1.91 bits per heavy atom. The lowest BCUT2D eigenvalue weighted by Crippen LogP contribution is -2.44. The van der Waals surface area contributed by atoms with E-state index in [9.17, 15) is 19.2 Å². The normalized spacial score (nSPS) is 16.1. The van der Waals surface area contributed by atoms with E-state index in [1.54, 1.807) is 4.90 Å². The summed E-state index contributed by atoms with van der Waals surface area (Å²) >= 11 is 0. The quantitative estimate of drug-likeness (QED) is 0.649. The summed E-state index contributed by atoms with van der Waals surface area (Å²) in [6.07, 6.45) is 1.50. The highest BCUT2D eigenvalue weighted by Gasteiger charge is 2.38. The van der Waals surface area contributed by atoms with E-state index in [0.717, 1.165) is 12.1 Å². The maximum absolute atomic E-state index is 13.5. The molecule has 1 aliphatic heterocycles. The smallest absolute Gasteiger partial charge is 0.330 e. The lowest BCUT2D eigenvalue weighted by atomic mass is 10.1. The second kappa shape index (κ2) is 9.84. The van der Waals surface area contributed by atoms with Gasteiger partial charge in [0.1, 0.15) is 5.82 Å². The summed E-state index contributed by atoms with van der Waals surface area (Å²) < 4.78 is 1.30. The topological polar surface area (TPSA) is 121 Å². The number of rotatable bonds is 8. The van der Waals surface area contributed by atoms with Gasteiger partial charge in [-0.3, -0.25) is 23.9 Å². The minimum absolute atomic E-state index is 0.0192. The van der Waals surface area contributed by atoms with Gasteiger partial charge in [0.15, 0.2) is 5.69 Å². The fourth-order valence-electron chi connectivity index (χ4n) is 3.98. The molecule has 1 aromatic heterocycles. The van der Waals surface area contributed by atoms with E-state index in [1.807, 2.05) is 51.1 Å². The Labute approximate surface area is 186 Å². The third-order valence-corrected chi connectivity index (χ3v) is 5.58. The zero-order chi connectivity index (χ0) is 23.4. The number of nitrogens with zero attached hydrogens (tertiary/aromatic N) is 3. The van der Waals surface area contributed by atoms with Crippen LogP contribution in [-0.4, -0.2) is 34.5 Å². The number of nitrogen functional groups attached to an aromatic ring is 1. The molecule has 1 fully saturated rings. The molecule has 0 saturated carbocycles. The zero-order valence-corrected chi connectivity index (χ0v) is 18.8. The third kappa shape index (κ3) is 4.76. The van der Waals surface area contributed by atoms with E-state index >= 15 is 0 Å². The van der Waals surface area contributed by atoms with E-state index < -0.39 is 17.2 Å². The molecule has 1 unspecified atom stereocenters. The Morgan fingerprint density at radius 3 is 2.53 bits per heavy atom. The number of para-hydroxylation sites is 1. The molecule has 1 saturated heterocycles. The SMILES string of the molecule is CCCCN(C(=O)C1CC(=O)N(c2ccccc2)C1)c1c(N)n(CC(C)C)c(=O)[nH]c1=O. The molecule has 0 radical (unpaired) electrons. The van der Waals surface area contributed by atoms with Crippen molar-refractivity contribution in [2.45, 2.75) is 46.6 Å². The molecule has 2 aromatic rings. The van der Waals surface area contributed by atoms with Gasteiger partial charge in [0.2, 0.25) is 11.8 Å². The molecule has 9 nitrogen and oxygen atoms in total. The standard InChI is InChI=1S/C23H31N5O4/c1-4-5-11-26(19-20(24)28(13-15(2)3)23(32)25-21(19)30)22(31)16-12-18(29)27(14-16)17-9-7-6-8-10-17/h6-10,15-16H,4-5,11-14,24H2,1-3H3,(H,25,30,32). The Bertz CT molecular complexity index is 1090. The van der Waals surface area contributed by atoms with Crippen LogP contribution in [0, 0.1) is 11.8 Å². The van der Waals surface area contributed by atoms with Crippen molar-refractivity contribution in [3.63, 3.8) is 0 Å². The molecule has 1 atom stereocenters. The summed E-state index contributed by atoms with van der Waals surface area (Å²) in [5.41, 5.74) is 5.68. The van der Waals surface area contributed by atoms with Crippen LogP contribution in [0.5, 0.6) is 0 Å². The van der Waals surface area contributed by atoms with Crippen molar-refractivity contribution in [2.24, 2.45) is 11.8 Å². The monoisotopic (exact) mass is 441 g/mol. The number of H-pyrrole nitrogens is 1. The Balaban J connectivity index is 1.97. The molecular weight excluding hydrogens is 410 g/mol. The second-order valence-electron chi connectivity index (χ2n) is 8.58. The lowest BCUT2D eigenvalue weighted by Gasteiger charge is -2.27. The minimum Gasteiger partial charge on any atom is -0.383 e. The molecule has 0 bridgehead atoms. The number of carbonyl (C=O) groups is 2. The third-order valence-electron chi connectivity index (χ3n) is 5.58. The van der Waals surface area contributed by atoms with Crippen molar-refractivity contribution in [3.8, 4) is 0 Å². The molecule has 0 aliphatic carbocycles. The first kappa shape index (κ1) is 23.3. The number of nitrogens with two attached hydrogens (primary N) is 1. The Hall–Kier alpha value is -3.36. The summed E-state index contributed by atoms with van der Waals surface area (Å²) in [5, 5.41) is 0. The molecular formula is C23H31N5O4. The highest BCUT2D eigenvalue weighted by atomic mass is 16.2. The fourth-order valence-corrected chi connectivity index (χ4v) is 3.98. The minimum atomic E-state index is -0.693. The van der Waals surface area contributed by atoms with Crippen LogP contribution in [0.15, 0.2) is 39.9 Å². The largest absolute Gasteiger partial charge is 0.383 e. The number of hydrogen-bond donors (Lipinski definition) is 2. The van der Waals surface area contributed by atoms with Crippen molar-refractivity contribution in [3.05, 3.63) is 51.2 Å². The lowest BCUT2D eigenvalue weighted by molar-refractivity contribution is -0.124. The summed E-state index contributed by atoms with van der Waals surface area (Å²) in [6.45, 7) is 6.66. The molecule has 3 rings (SSSR count). The number of aromatic amines is 1. The second-order valence-corrected chi connectivity index (χ2v) is 8.58. The first-order valence-corrected chi connectivity index (χ1v) is 11.0. The molecule has 172 valence electrons. The van der Waals surface area contributed by atoms with Crippen LogP contribution < -0.4 is 26.8 Å². The van der Waals surface area contributed by atoms with Crippen LogP contribution in [-0.2, 0) is 16.1 Å². The van der Waals surface area contributed by atoms with Gasteiger partial charge in [0.05, 0.1) is 5.92 Å². The van der Waals surface area contributed by atoms with Gasteiger partial charge in [-0.15, -0.1) is 0 Å². The van der Waals surface area contributed by atoms with Gasteiger partial charge in [0.25, 0.3) is 5.56 Å². The molecule has 32 heavy (non-hydrogen) atoms. The number of unbranched alkanes of at least 4 members (excludes halogenated alkanes) is 1. The van der Waals surface area contributed by atoms with Gasteiger partial charge in [-0.05, 0) is 24.5 Å². The van der Waals surface area contributed by atoms with Crippen LogP contribution in [0.1, 0.15) is 40.0 Å². The number of aromatic nitrogens is 2. The first-order valence-electron chi connectivity index (χ1n) is 11.0. The van der Waals surface area contributed by atoms with E-state index in [0.29, 0.717) is 13.0 Å². The predicted molar refractivity (Wildman–Crippen MR) is 125 cm³/mol. The van der Waals surface area contributed by atoms with E-state index in [2.05, 4.69) is 4.98 Å². The van der Waals surface area contributed by atoms with Crippen LogP contribution in [0.25, 0.3) is 0 Å². The summed E-state index contributed by atoms with van der Waals surface area (Å²) in [6, 6.07) is 9.18. The summed E-state index contributed by atoms with van der Waals surface area (Å²) in [5.74, 6) is -1.00. The van der Waals surface area contributed by atoms with Crippen molar-refractivity contribution >= 4 is 29.0 Å². The number of anilines is 3. The van der Waals surface area contributed by atoms with Gasteiger partial charge in [-0.25, -0.2) is 4.79 Å². The van der Waals surface area contributed by atoms with Gasteiger partial charge in [-0.2, -0.15) is 0 Å². The Morgan fingerprint density at radius 1 is 1.22 bits per heavy atom. The van der Waals surface area contributed by atoms with Crippen LogP contribution in [0.3, 0.4) is 0 Å². The number of carbonyl (C=O) groups excluding carboxylic acids is 2. The molecule has 1 aromatic carbocycles. The number of nitrogens with one attached hydrogen (secondary N) is 1. The molecule has 9 heteroatoms. The zero-order valence-electron chi connectivity index (χ0n) is 18.8. The molecule has 0 spiro atoms.